The average Bonchev–Trinajstić information content (AvgIpc) is 3.90. The fourth-order valence-electron chi connectivity index (χ4n) is 10.2. The first kappa shape index (κ1) is 48.7. The number of nitrogens with one attached hydrogen (secondary N) is 2. The molecule has 0 aliphatic carbocycles. The number of carbonyl (C=O) groups is 3. The zero-order chi connectivity index (χ0) is 48.4. The summed E-state index contributed by atoms with van der Waals surface area (Å²) in [6.45, 7) is 7.25. The summed E-state index contributed by atoms with van der Waals surface area (Å²) in [5.74, 6) is 0.649. The molecule has 2 aromatic heterocycles. The van der Waals surface area contributed by atoms with Crippen molar-refractivity contribution < 1.29 is 34.1 Å². The van der Waals surface area contributed by atoms with E-state index < -0.39 is 12.0 Å². The molecule has 3 aliphatic heterocycles. The third kappa shape index (κ3) is 12.2. The number of nitrogens with zero attached hydrogens (tertiary/aromatic N) is 3. The van der Waals surface area contributed by atoms with E-state index in [1.54, 1.807) is 24.3 Å². The third-order valence-electron chi connectivity index (χ3n) is 14.3. The molecule has 70 heavy (non-hydrogen) atoms. The number of phenolic OH excluding ortho intramolecular Hbond substituents is 1. The number of piperidine rings is 3. The molecular weight excluding hydrogens is 903 g/mol. The molecule has 2 amide bonds. The summed E-state index contributed by atoms with van der Waals surface area (Å²) >= 11 is 1.26. The molecule has 0 bridgehead atoms. The van der Waals surface area contributed by atoms with Gasteiger partial charge in [-0.05, 0) is 135 Å². The van der Waals surface area contributed by atoms with Crippen LogP contribution < -0.4 is 15.6 Å². The normalized spacial score (nSPS) is 17.3. The fraction of sp³-hybridized carbons (Fsp3) is 0.393. The highest BCUT2D eigenvalue weighted by Crippen LogP contribution is 2.32. The highest BCUT2D eigenvalue weighted by Gasteiger charge is 2.30. The summed E-state index contributed by atoms with van der Waals surface area (Å²) in [5.41, 5.74) is 3.62. The van der Waals surface area contributed by atoms with E-state index in [1.165, 1.54) is 29.0 Å². The van der Waals surface area contributed by atoms with Gasteiger partial charge < -0.3 is 39.8 Å². The quantitative estimate of drug-likeness (QED) is 0.0659. The lowest BCUT2D eigenvalue weighted by molar-refractivity contribution is -0.146. The van der Waals surface area contributed by atoms with Gasteiger partial charge >= 0.3 is 5.97 Å². The number of aliphatic hydroxyl groups is 1. The van der Waals surface area contributed by atoms with Gasteiger partial charge in [-0.2, -0.15) is 0 Å². The Kier molecular flexibility index (Phi) is 16.0. The summed E-state index contributed by atoms with van der Waals surface area (Å²) in [4.78, 5) is 62.8. The molecule has 6 aromatic rings. The predicted octanol–water partition coefficient (Wildman–Crippen LogP) is 7.99. The second-order valence-corrected chi connectivity index (χ2v) is 20.2. The molecule has 3 saturated heterocycles. The number of aromatic hydroxyl groups is 1. The Morgan fingerprint density at radius 1 is 0.686 bits per heavy atom. The van der Waals surface area contributed by atoms with Crippen LogP contribution in [-0.2, 0) is 16.1 Å². The Morgan fingerprint density at radius 3 is 1.99 bits per heavy atom. The van der Waals surface area contributed by atoms with Crippen LogP contribution in [0, 0.1) is 17.8 Å². The highest BCUT2D eigenvalue weighted by molar-refractivity contribution is 7.15. The molecule has 13 nitrogen and oxygen atoms in total. The second kappa shape index (κ2) is 23.1. The molecule has 0 spiro atoms. The number of carbonyl (C=O) groups excluding carboxylic acids is 3. The summed E-state index contributed by atoms with van der Waals surface area (Å²) in [5, 5.41) is 25.1. The number of aromatic amines is 1. The van der Waals surface area contributed by atoms with Gasteiger partial charge in [0.25, 0.3) is 11.8 Å². The average molecular weight is 966 g/mol. The molecule has 2 atom stereocenters. The van der Waals surface area contributed by atoms with E-state index in [1.807, 2.05) is 70.5 Å². The van der Waals surface area contributed by atoms with E-state index in [4.69, 9.17) is 9.47 Å². The third-order valence-corrected chi connectivity index (χ3v) is 15.4. The summed E-state index contributed by atoms with van der Waals surface area (Å²) in [6, 6.07) is 37.8. The summed E-state index contributed by atoms with van der Waals surface area (Å²) < 4.78 is 12.4. The van der Waals surface area contributed by atoms with Crippen LogP contribution in [0.2, 0.25) is 0 Å². The lowest BCUT2D eigenvalue weighted by Gasteiger charge is -2.32. The molecule has 0 radical (unpaired) electrons. The second-order valence-electron chi connectivity index (χ2n) is 19.2. The van der Waals surface area contributed by atoms with Crippen molar-refractivity contribution in [1.82, 2.24) is 25.0 Å². The molecule has 3 fully saturated rings. The molecular formula is C56H63N5O8S. The smallest absolute Gasteiger partial charge is 0.317 e. The van der Waals surface area contributed by atoms with Crippen LogP contribution in [0.1, 0.15) is 92.1 Å². The number of hydrogen-bond acceptors (Lipinski definition) is 11. The number of hydrogen-bond donors (Lipinski definition) is 4. The SMILES string of the molecule is O=C(OCC1CCN(Cc2ccccc2)CC1)C(c1ccccc1)c1cccc(OCC2CCN(C(=O)c3ccc(C(=O)N4CCC(CNC[C@H](O)c5ccc(O)c6[nH]c(=O)ccc56)CC4)s3)CC2)c1. The van der Waals surface area contributed by atoms with E-state index in [9.17, 15) is 29.4 Å². The molecule has 1 unspecified atom stereocenters. The zero-order valence-electron chi connectivity index (χ0n) is 39.5. The Balaban J connectivity index is 0.701. The fourth-order valence-corrected chi connectivity index (χ4v) is 11.1. The number of ether oxygens (including phenoxy) is 2. The van der Waals surface area contributed by atoms with Crippen molar-refractivity contribution in [2.24, 2.45) is 17.8 Å². The van der Waals surface area contributed by atoms with Crippen LogP contribution in [0.25, 0.3) is 10.9 Å². The number of rotatable bonds is 17. The van der Waals surface area contributed by atoms with Crippen molar-refractivity contribution in [3.8, 4) is 11.5 Å². The van der Waals surface area contributed by atoms with Crippen LogP contribution in [0.3, 0.4) is 0 Å². The van der Waals surface area contributed by atoms with Gasteiger partial charge in [0.2, 0.25) is 5.56 Å². The van der Waals surface area contributed by atoms with Crippen LogP contribution in [0.4, 0.5) is 0 Å². The lowest BCUT2D eigenvalue weighted by atomic mass is 9.91. The first-order valence-corrected chi connectivity index (χ1v) is 25.6. The van der Waals surface area contributed by atoms with E-state index in [0.717, 1.165) is 69.3 Å². The van der Waals surface area contributed by atoms with Crippen molar-refractivity contribution in [3.05, 3.63) is 164 Å². The van der Waals surface area contributed by atoms with Gasteiger partial charge in [0.05, 0.1) is 34.6 Å². The Labute approximate surface area is 413 Å². The van der Waals surface area contributed by atoms with Crippen molar-refractivity contribution in [2.75, 3.05) is 65.6 Å². The number of pyridine rings is 1. The number of phenols is 1. The first-order valence-electron chi connectivity index (χ1n) is 24.8. The van der Waals surface area contributed by atoms with E-state index in [-0.39, 0.29) is 35.0 Å². The molecule has 0 saturated carbocycles. The van der Waals surface area contributed by atoms with Gasteiger partial charge in [0.15, 0.2) is 0 Å². The molecule has 4 aromatic carbocycles. The number of amides is 2. The van der Waals surface area contributed by atoms with Gasteiger partial charge in [-0.15, -0.1) is 11.3 Å². The number of H-pyrrole nitrogens is 1. The molecule has 4 N–H and O–H groups in total. The summed E-state index contributed by atoms with van der Waals surface area (Å²) in [6.07, 6.45) is 4.39. The van der Waals surface area contributed by atoms with Crippen LogP contribution in [-0.4, -0.2) is 113 Å². The maximum absolute atomic E-state index is 13.9. The number of aromatic nitrogens is 1. The van der Waals surface area contributed by atoms with Gasteiger partial charge in [-0.1, -0.05) is 78.9 Å². The molecule has 5 heterocycles. The van der Waals surface area contributed by atoms with Gasteiger partial charge in [0.1, 0.15) is 17.4 Å². The van der Waals surface area contributed by atoms with Crippen molar-refractivity contribution in [2.45, 2.75) is 57.1 Å². The lowest BCUT2D eigenvalue weighted by Crippen LogP contribution is -2.41. The zero-order valence-corrected chi connectivity index (χ0v) is 40.4. The van der Waals surface area contributed by atoms with Gasteiger partial charge in [-0.3, -0.25) is 24.1 Å². The van der Waals surface area contributed by atoms with Crippen LogP contribution in [0.15, 0.2) is 126 Å². The van der Waals surface area contributed by atoms with E-state index in [0.29, 0.717) is 96.3 Å². The minimum atomic E-state index is -0.837. The Morgan fingerprint density at radius 2 is 1.30 bits per heavy atom. The van der Waals surface area contributed by atoms with Gasteiger partial charge in [0, 0.05) is 50.7 Å². The largest absolute Gasteiger partial charge is 0.506 e. The van der Waals surface area contributed by atoms with Crippen molar-refractivity contribution in [3.63, 3.8) is 0 Å². The molecule has 3 aliphatic rings. The Hall–Kier alpha value is -6.32. The topological polar surface area (TPSA) is 165 Å². The highest BCUT2D eigenvalue weighted by atomic mass is 32.1. The number of esters is 1. The monoisotopic (exact) mass is 965 g/mol. The van der Waals surface area contributed by atoms with E-state index in [2.05, 4.69) is 39.5 Å². The minimum Gasteiger partial charge on any atom is -0.506 e. The minimum absolute atomic E-state index is 0.0470. The Bertz CT molecular complexity index is 2760. The van der Waals surface area contributed by atoms with Crippen LogP contribution in [0.5, 0.6) is 11.5 Å². The standard InChI is InChI=1S/C56H63N5O8S/c62-47-16-14-45(46-15-19-51(64)58-53(46)47)48(63)34-57-33-38-22-28-60(29-23-38)54(65)49-17-18-50(70-49)55(66)61-30-24-41(25-31-61)36-68-44-13-7-12-43(32-44)52(42-10-5-2-6-11-42)56(67)69-37-40-20-26-59(27-21-40)35-39-8-3-1-4-9-39/h1-19,32,38,40-41,48,52,57,62-63H,20-31,33-37H2,(H,58,64)/t48-,52?/m0/s1. The number of aliphatic hydroxyl groups excluding tert-OH is 1. The predicted molar refractivity (Wildman–Crippen MR) is 271 cm³/mol. The number of fused-ring (bicyclic) bond motifs is 1. The van der Waals surface area contributed by atoms with Crippen molar-refractivity contribution >= 4 is 40.0 Å². The molecule has 14 heteroatoms. The number of thiophene rings is 1. The first-order chi connectivity index (χ1) is 34.1. The number of benzene rings is 4. The van der Waals surface area contributed by atoms with Crippen LogP contribution >= 0.6 is 11.3 Å². The molecule has 9 rings (SSSR count). The molecule has 366 valence electrons. The maximum atomic E-state index is 13.9. The maximum Gasteiger partial charge on any atom is 0.317 e. The number of likely N-dealkylation sites (tertiary alicyclic amines) is 3. The van der Waals surface area contributed by atoms with E-state index >= 15 is 0 Å². The summed E-state index contributed by atoms with van der Waals surface area (Å²) in [7, 11) is 0. The van der Waals surface area contributed by atoms with Gasteiger partial charge in [-0.25, -0.2) is 0 Å². The van der Waals surface area contributed by atoms with Crippen molar-refractivity contribution in [1.29, 1.82) is 0 Å².